The van der Waals surface area contributed by atoms with E-state index in [1.807, 2.05) is 37.2 Å². The zero-order valence-electron chi connectivity index (χ0n) is 14.9. The Hall–Kier alpha value is -2.93. The van der Waals surface area contributed by atoms with Crippen molar-refractivity contribution >= 4 is 16.8 Å². The Labute approximate surface area is 151 Å². The number of amides is 1. The third-order valence-corrected chi connectivity index (χ3v) is 4.24. The molecule has 7 heteroatoms. The number of nitrogens with one attached hydrogen (secondary N) is 2. The predicted octanol–water partition coefficient (Wildman–Crippen LogP) is 1.87. The van der Waals surface area contributed by atoms with Crippen LogP contribution < -0.4 is 10.9 Å². The summed E-state index contributed by atoms with van der Waals surface area (Å²) in [7, 11) is 3.87. The number of aryl methyl sites for hydroxylation is 1. The smallest absolute Gasteiger partial charge is 0.258 e. The van der Waals surface area contributed by atoms with E-state index in [1.165, 1.54) is 0 Å². The van der Waals surface area contributed by atoms with E-state index in [4.69, 9.17) is 4.42 Å². The first kappa shape index (κ1) is 17.9. The minimum atomic E-state index is -0.184. The van der Waals surface area contributed by atoms with Crippen LogP contribution in [-0.2, 0) is 11.2 Å². The van der Waals surface area contributed by atoms with Crippen molar-refractivity contribution in [1.29, 1.82) is 0 Å². The van der Waals surface area contributed by atoms with Gasteiger partial charge in [0, 0.05) is 19.4 Å². The lowest BCUT2D eigenvalue weighted by atomic mass is 10.2. The van der Waals surface area contributed by atoms with Crippen LogP contribution in [-0.4, -0.2) is 41.4 Å². The van der Waals surface area contributed by atoms with E-state index in [2.05, 4.69) is 15.3 Å². The van der Waals surface area contributed by atoms with E-state index in [0.29, 0.717) is 29.7 Å². The number of aromatic nitrogens is 2. The average molecular weight is 354 g/mol. The van der Waals surface area contributed by atoms with Gasteiger partial charge in [-0.2, -0.15) is 0 Å². The SMILES string of the molecule is CN(C)[C@@H](CNC(=O)CCc1nc2ccccc2c(=O)[nH]1)c1ccco1. The predicted molar refractivity (Wildman–Crippen MR) is 98.8 cm³/mol. The number of furan rings is 1. The van der Waals surface area contributed by atoms with Crippen molar-refractivity contribution in [3.05, 3.63) is 64.6 Å². The molecule has 0 radical (unpaired) electrons. The summed E-state index contributed by atoms with van der Waals surface area (Å²) in [5, 5.41) is 3.46. The highest BCUT2D eigenvalue weighted by Crippen LogP contribution is 2.17. The number of hydrogen-bond donors (Lipinski definition) is 2. The number of aromatic amines is 1. The maximum atomic E-state index is 12.2. The molecule has 0 bridgehead atoms. The third-order valence-electron chi connectivity index (χ3n) is 4.24. The molecule has 0 aliphatic heterocycles. The van der Waals surface area contributed by atoms with Gasteiger partial charge < -0.3 is 14.7 Å². The van der Waals surface area contributed by atoms with Gasteiger partial charge in [-0.1, -0.05) is 12.1 Å². The van der Waals surface area contributed by atoms with Gasteiger partial charge in [-0.25, -0.2) is 4.98 Å². The summed E-state index contributed by atoms with van der Waals surface area (Å²) in [6.45, 7) is 0.445. The quantitative estimate of drug-likeness (QED) is 0.676. The molecule has 7 nitrogen and oxygen atoms in total. The molecule has 0 saturated carbocycles. The van der Waals surface area contributed by atoms with E-state index >= 15 is 0 Å². The standard InChI is InChI=1S/C19H22N4O3/c1-23(2)15(16-8-5-11-26-16)12-20-18(24)10-9-17-21-14-7-4-3-6-13(14)19(25)22-17/h3-8,11,15H,9-10,12H2,1-2H3,(H,20,24)(H,21,22,25)/t15-/m0/s1. The summed E-state index contributed by atoms with van der Waals surface area (Å²) >= 11 is 0. The Morgan fingerprint density at radius 2 is 2.08 bits per heavy atom. The van der Waals surface area contributed by atoms with Gasteiger partial charge in [-0.05, 0) is 38.4 Å². The first-order chi connectivity index (χ1) is 12.5. The lowest BCUT2D eigenvalue weighted by Crippen LogP contribution is -2.34. The summed E-state index contributed by atoms with van der Waals surface area (Å²) in [6, 6.07) is 10.8. The summed E-state index contributed by atoms with van der Waals surface area (Å²) in [6.07, 6.45) is 2.24. The number of carbonyl (C=O) groups excluding carboxylic acids is 1. The molecule has 0 spiro atoms. The van der Waals surface area contributed by atoms with E-state index in [9.17, 15) is 9.59 Å². The number of likely N-dealkylation sites (N-methyl/N-ethyl adjacent to an activating group) is 1. The molecule has 3 aromatic rings. The van der Waals surface area contributed by atoms with E-state index < -0.39 is 0 Å². The van der Waals surface area contributed by atoms with Crippen LogP contribution in [0.3, 0.4) is 0 Å². The highest BCUT2D eigenvalue weighted by atomic mass is 16.3. The van der Waals surface area contributed by atoms with E-state index in [0.717, 1.165) is 5.76 Å². The van der Waals surface area contributed by atoms with Crippen LogP contribution in [0.2, 0.25) is 0 Å². The van der Waals surface area contributed by atoms with Crippen LogP contribution in [0.4, 0.5) is 0 Å². The lowest BCUT2D eigenvalue weighted by molar-refractivity contribution is -0.121. The monoisotopic (exact) mass is 354 g/mol. The molecule has 136 valence electrons. The molecule has 2 heterocycles. The van der Waals surface area contributed by atoms with Crippen LogP contribution >= 0.6 is 0 Å². The largest absolute Gasteiger partial charge is 0.468 e. The molecule has 1 aromatic carbocycles. The number of H-pyrrole nitrogens is 1. The van der Waals surface area contributed by atoms with Crippen molar-refractivity contribution in [2.75, 3.05) is 20.6 Å². The molecule has 1 atom stereocenters. The van der Waals surface area contributed by atoms with Crippen LogP contribution in [0, 0.1) is 0 Å². The number of para-hydroxylation sites is 1. The fraction of sp³-hybridized carbons (Fsp3) is 0.316. The van der Waals surface area contributed by atoms with Crippen LogP contribution in [0.5, 0.6) is 0 Å². The first-order valence-electron chi connectivity index (χ1n) is 8.49. The summed E-state index contributed by atoms with van der Waals surface area (Å²) in [5.41, 5.74) is 0.452. The average Bonchev–Trinajstić information content (AvgIpc) is 3.14. The second-order valence-electron chi connectivity index (χ2n) is 6.33. The molecule has 2 N–H and O–H groups in total. The highest BCUT2D eigenvalue weighted by molar-refractivity contribution is 5.78. The van der Waals surface area contributed by atoms with Crippen molar-refractivity contribution in [1.82, 2.24) is 20.2 Å². The molecule has 0 aliphatic carbocycles. The van der Waals surface area contributed by atoms with Crippen LogP contribution in [0.25, 0.3) is 10.9 Å². The Bertz CT molecular complexity index is 931. The topological polar surface area (TPSA) is 91.2 Å². The van der Waals surface area contributed by atoms with Gasteiger partial charge in [0.05, 0.1) is 23.2 Å². The van der Waals surface area contributed by atoms with E-state index in [1.54, 1.807) is 24.5 Å². The van der Waals surface area contributed by atoms with Gasteiger partial charge in [0.1, 0.15) is 11.6 Å². The van der Waals surface area contributed by atoms with Gasteiger partial charge in [-0.15, -0.1) is 0 Å². The van der Waals surface area contributed by atoms with Crippen molar-refractivity contribution in [2.45, 2.75) is 18.9 Å². The Balaban J connectivity index is 1.58. The Kier molecular flexibility index (Phi) is 5.48. The molecule has 26 heavy (non-hydrogen) atoms. The number of rotatable bonds is 7. The number of carbonyl (C=O) groups is 1. The van der Waals surface area contributed by atoms with Crippen molar-refractivity contribution in [2.24, 2.45) is 0 Å². The van der Waals surface area contributed by atoms with Gasteiger partial charge in [0.15, 0.2) is 0 Å². The zero-order chi connectivity index (χ0) is 18.5. The molecule has 0 unspecified atom stereocenters. The van der Waals surface area contributed by atoms with Crippen molar-refractivity contribution in [3.63, 3.8) is 0 Å². The Morgan fingerprint density at radius 3 is 2.81 bits per heavy atom. The van der Waals surface area contributed by atoms with Gasteiger partial charge in [0.25, 0.3) is 5.56 Å². The molecule has 3 rings (SSSR count). The normalized spacial score (nSPS) is 12.4. The van der Waals surface area contributed by atoms with Crippen molar-refractivity contribution < 1.29 is 9.21 Å². The maximum absolute atomic E-state index is 12.2. The zero-order valence-corrected chi connectivity index (χ0v) is 14.9. The second kappa shape index (κ2) is 7.97. The third kappa shape index (κ3) is 4.18. The number of hydrogen-bond acceptors (Lipinski definition) is 5. The minimum absolute atomic E-state index is 0.0347. The Morgan fingerprint density at radius 1 is 1.27 bits per heavy atom. The lowest BCUT2D eigenvalue weighted by Gasteiger charge is -2.22. The van der Waals surface area contributed by atoms with Crippen LogP contribution in [0.1, 0.15) is 24.0 Å². The number of fused-ring (bicyclic) bond motifs is 1. The molecular formula is C19H22N4O3. The van der Waals surface area contributed by atoms with Gasteiger partial charge in [0.2, 0.25) is 5.91 Å². The molecule has 1 amide bonds. The first-order valence-corrected chi connectivity index (χ1v) is 8.49. The minimum Gasteiger partial charge on any atom is -0.468 e. The molecule has 2 aromatic heterocycles. The summed E-state index contributed by atoms with van der Waals surface area (Å²) in [4.78, 5) is 33.4. The van der Waals surface area contributed by atoms with Gasteiger partial charge in [-0.3, -0.25) is 14.5 Å². The van der Waals surface area contributed by atoms with Crippen molar-refractivity contribution in [3.8, 4) is 0 Å². The second-order valence-corrected chi connectivity index (χ2v) is 6.33. The number of benzene rings is 1. The fourth-order valence-corrected chi connectivity index (χ4v) is 2.80. The fourth-order valence-electron chi connectivity index (χ4n) is 2.80. The molecule has 0 aliphatic rings. The maximum Gasteiger partial charge on any atom is 0.258 e. The highest BCUT2D eigenvalue weighted by Gasteiger charge is 2.17. The number of nitrogens with zero attached hydrogens (tertiary/aromatic N) is 2. The summed E-state index contributed by atoms with van der Waals surface area (Å²) in [5.74, 6) is 1.22. The van der Waals surface area contributed by atoms with Crippen LogP contribution in [0.15, 0.2) is 51.9 Å². The van der Waals surface area contributed by atoms with E-state index in [-0.39, 0.29) is 23.9 Å². The summed E-state index contributed by atoms with van der Waals surface area (Å²) < 4.78 is 5.43. The molecular weight excluding hydrogens is 332 g/mol. The molecule has 0 saturated heterocycles. The molecule has 0 fully saturated rings. The van der Waals surface area contributed by atoms with Gasteiger partial charge >= 0.3 is 0 Å².